The fourth-order valence-corrected chi connectivity index (χ4v) is 2.60. The molecule has 1 unspecified atom stereocenters. The summed E-state index contributed by atoms with van der Waals surface area (Å²) in [5.41, 5.74) is 2.31. The molecule has 3 heteroatoms. The first kappa shape index (κ1) is 9.43. The van der Waals surface area contributed by atoms with Gasteiger partial charge in [0.05, 0.1) is 4.47 Å². The van der Waals surface area contributed by atoms with Gasteiger partial charge in [-0.3, -0.25) is 0 Å². The van der Waals surface area contributed by atoms with Gasteiger partial charge in [-0.05, 0) is 53.0 Å². The summed E-state index contributed by atoms with van der Waals surface area (Å²) in [4.78, 5) is 0. The summed E-state index contributed by atoms with van der Waals surface area (Å²) in [7, 11) is 0. The van der Waals surface area contributed by atoms with Gasteiger partial charge < -0.3 is 9.73 Å². The third-order valence-electron chi connectivity index (χ3n) is 3.01. The zero-order valence-corrected chi connectivity index (χ0v) is 9.88. The van der Waals surface area contributed by atoms with Crippen LogP contribution in [-0.2, 0) is 0 Å². The van der Waals surface area contributed by atoms with E-state index in [9.17, 15) is 0 Å². The zero-order chi connectivity index (χ0) is 10.3. The van der Waals surface area contributed by atoms with Crippen molar-refractivity contribution in [2.24, 2.45) is 0 Å². The van der Waals surface area contributed by atoms with Crippen molar-refractivity contribution >= 4 is 26.9 Å². The highest BCUT2D eigenvalue weighted by molar-refractivity contribution is 9.10. The monoisotopic (exact) mass is 265 g/mol. The van der Waals surface area contributed by atoms with Crippen LogP contribution in [0, 0.1) is 0 Å². The second-order valence-corrected chi connectivity index (χ2v) is 4.84. The highest BCUT2D eigenvalue weighted by Crippen LogP contribution is 2.30. The number of rotatable bonds is 1. The quantitative estimate of drug-likeness (QED) is 0.852. The molecule has 1 fully saturated rings. The second-order valence-electron chi connectivity index (χ2n) is 3.99. The average Bonchev–Trinajstić information content (AvgIpc) is 2.88. The summed E-state index contributed by atoms with van der Waals surface area (Å²) in [5, 5.41) is 4.67. The van der Waals surface area contributed by atoms with Crippen LogP contribution in [0.25, 0.3) is 11.0 Å². The maximum absolute atomic E-state index is 5.40. The minimum Gasteiger partial charge on any atom is -0.463 e. The molecular formula is C12H12BrNO. The van der Waals surface area contributed by atoms with Gasteiger partial charge in [-0.15, -0.1) is 0 Å². The number of furan rings is 1. The highest BCUT2D eigenvalue weighted by Gasteiger charge is 2.17. The molecule has 1 aromatic heterocycles. The van der Waals surface area contributed by atoms with Crippen LogP contribution in [0.3, 0.4) is 0 Å². The van der Waals surface area contributed by atoms with E-state index >= 15 is 0 Å². The van der Waals surface area contributed by atoms with Gasteiger partial charge in [0.15, 0.2) is 0 Å². The van der Waals surface area contributed by atoms with Crippen molar-refractivity contribution in [1.29, 1.82) is 0 Å². The Morgan fingerprint density at radius 1 is 1.40 bits per heavy atom. The van der Waals surface area contributed by atoms with Crippen molar-refractivity contribution in [3.05, 3.63) is 34.5 Å². The first-order chi connectivity index (χ1) is 7.34. The van der Waals surface area contributed by atoms with Gasteiger partial charge in [0, 0.05) is 11.4 Å². The van der Waals surface area contributed by atoms with E-state index < -0.39 is 0 Å². The molecule has 0 radical (unpaired) electrons. The van der Waals surface area contributed by atoms with Crippen LogP contribution < -0.4 is 5.32 Å². The minimum absolute atomic E-state index is 0.524. The Labute approximate surface area is 96.8 Å². The van der Waals surface area contributed by atoms with E-state index in [1.54, 1.807) is 6.26 Å². The molecule has 1 N–H and O–H groups in total. The van der Waals surface area contributed by atoms with Crippen LogP contribution in [0.5, 0.6) is 0 Å². The Kier molecular flexibility index (Phi) is 2.29. The van der Waals surface area contributed by atoms with Crippen molar-refractivity contribution in [2.45, 2.75) is 18.9 Å². The molecule has 1 atom stereocenters. The summed E-state index contributed by atoms with van der Waals surface area (Å²) in [6.45, 7) is 1.13. The van der Waals surface area contributed by atoms with Crippen molar-refractivity contribution in [1.82, 2.24) is 5.32 Å². The van der Waals surface area contributed by atoms with Crippen molar-refractivity contribution in [3.63, 3.8) is 0 Å². The third kappa shape index (κ3) is 1.60. The SMILES string of the molecule is Brc1coc2ccc(C3CCCN3)cc12. The zero-order valence-electron chi connectivity index (χ0n) is 8.29. The Morgan fingerprint density at radius 2 is 2.33 bits per heavy atom. The molecule has 2 nitrogen and oxygen atoms in total. The van der Waals surface area contributed by atoms with Gasteiger partial charge >= 0.3 is 0 Å². The van der Waals surface area contributed by atoms with Crippen LogP contribution in [0.4, 0.5) is 0 Å². The minimum atomic E-state index is 0.524. The lowest BCUT2D eigenvalue weighted by atomic mass is 10.0. The lowest BCUT2D eigenvalue weighted by Crippen LogP contribution is -2.12. The number of nitrogens with one attached hydrogen (secondary N) is 1. The number of benzene rings is 1. The highest BCUT2D eigenvalue weighted by atomic mass is 79.9. The molecule has 1 saturated heterocycles. The molecule has 0 spiro atoms. The van der Waals surface area contributed by atoms with Crippen molar-refractivity contribution in [2.75, 3.05) is 6.54 Å². The van der Waals surface area contributed by atoms with Gasteiger partial charge in [0.25, 0.3) is 0 Å². The largest absolute Gasteiger partial charge is 0.463 e. The Balaban J connectivity index is 2.08. The van der Waals surface area contributed by atoms with Gasteiger partial charge in [0.2, 0.25) is 0 Å². The first-order valence-corrected chi connectivity index (χ1v) is 6.04. The number of halogens is 1. The van der Waals surface area contributed by atoms with Crippen LogP contribution in [0.1, 0.15) is 24.4 Å². The predicted molar refractivity (Wildman–Crippen MR) is 63.9 cm³/mol. The molecule has 15 heavy (non-hydrogen) atoms. The molecule has 0 amide bonds. The fraction of sp³-hybridized carbons (Fsp3) is 0.333. The standard InChI is InChI=1S/C12H12BrNO/c13-10-7-15-12-4-3-8(6-9(10)12)11-2-1-5-14-11/h3-4,6-7,11,14H,1-2,5H2. The molecule has 3 rings (SSSR count). The van der Waals surface area contributed by atoms with E-state index in [-0.39, 0.29) is 0 Å². The van der Waals surface area contributed by atoms with Gasteiger partial charge in [-0.2, -0.15) is 0 Å². The summed E-state index contributed by atoms with van der Waals surface area (Å²) in [6, 6.07) is 6.94. The second kappa shape index (κ2) is 3.65. The lowest BCUT2D eigenvalue weighted by Gasteiger charge is -2.09. The first-order valence-electron chi connectivity index (χ1n) is 5.24. The molecule has 78 valence electrons. The van der Waals surface area contributed by atoms with E-state index in [4.69, 9.17) is 4.42 Å². The van der Waals surface area contributed by atoms with Gasteiger partial charge in [0.1, 0.15) is 11.8 Å². The normalized spacial score (nSPS) is 21.3. The van der Waals surface area contributed by atoms with Crippen LogP contribution in [0.2, 0.25) is 0 Å². The van der Waals surface area contributed by atoms with E-state index in [0.717, 1.165) is 16.6 Å². The van der Waals surface area contributed by atoms with E-state index in [1.807, 2.05) is 0 Å². The maximum Gasteiger partial charge on any atom is 0.135 e. The molecular weight excluding hydrogens is 254 g/mol. The molecule has 0 bridgehead atoms. The molecule has 2 aromatic rings. The summed E-state index contributed by atoms with van der Waals surface area (Å²) in [6.07, 6.45) is 4.26. The van der Waals surface area contributed by atoms with Crippen LogP contribution >= 0.6 is 15.9 Å². The van der Waals surface area contributed by atoms with Gasteiger partial charge in [-0.1, -0.05) is 6.07 Å². The molecule has 1 aliphatic rings. The summed E-state index contributed by atoms with van der Waals surface area (Å²) < 4.78 is 6.44. The van der Waals surface area contributed by atoms with Crippen molar-refractivity contribution in [3.8, 4) is 0 Å². The van der Waals surface area contributed by atoms with Crippen LogP contribution in [0.15, 0.2) is 33.4 Å². The molecule has 1 aromatic carbocycles. The smallest absolute Gasteiger partial charge is 0.135 e. The topological polar surface area (TPSA) is 25.2 Å². The van der Waals surface area contributed by atoms with Gasteiger partial charge in [-0.25, -0.2) is 0 Å². The Hall–Kier alpha value is -0.800. The number of hydrogen-bond donors (Lipinski definition) is 1. The Morgan fingerprint density at radius 3 is 3.13 bits per heavy atom. The summed E-state index contributed by atoms with van der Waals surface area (Å²) in [5.74, 6) is 0. The lowest BCUT2D eigenvalue weighted by molar-refractivity contribution is 0.612. The third-order valence-corrected chi connectivity index (χ3v) is 3.63. The Bertz CT molecular complexity index is 485. The maximum atomic E-state index is 5.40. The predicted octanol–water partition coefficient (Wildman–Crippen LogP) is 3.62. The van der Waals surface area contributed by atoms with Crippen LogP contribution in [-0.4, -0.2) is 6.54 Å². The molecule has 0 aliphatic carbocycles. The van der Waals surface area contributed by atoms with E-state index in [0.29, 0.717) is 6.04 Å². The number of hydrogen-bond acceptors (Lipinski definition) is 2. The summed E-state index contributed by atoms with van der Waals surface area (Å²) >= 11 is 3.50. The number of fused-ring (bicyclic) bond motifs is 1. The molecule has 0 saturated carbocycles. The fourth-order valence-electron chi connectivity index (χ4n) is 2.20. The van der Waals surface area contributed by atoms with E-state index in [2.05, 4.69) is 39.4 Å². The van der Waals surface area contributed by atoms with E-state index in [1.165, 1.54) is 23.8 Å². The van der Waals surface area contributed by atoms with Crippen molar-refractivity contribution < 1.29 is 4.42 Å². The average molecular weight is 266 g/mol. The molecule has 2 heterocycles. The molecule has 1 aliphatic heterocycles.